The zero-order valence-electron chi connectivity index (χ0n) is 19.3. The number of nitrogens with one attached hydrogen (secondary N) is 3. The van der Waals surface area contributed by atoms with E-state index >= 15 is 0 Å². The van der Waals surface area contributed by atoms with Crippen LogP contribution < -0.4 is 10.0 Å². The molecule has 0 bridgehead atoms. The van der Waals surface area contributed by atoms with Crippen LogP contribution in [0.2, 0.25) is 5.02 Å². The Morgan fingerprint density at radius 1 is 1.17 bits per heavy atom. The number of carbonyl (C=O) groups is 1. The summed E-state index contributed by atoms with van der Waals surface area (Å²) in [4.78, 5) is 19.0. The van der Waals surface area contributed by atoms with Gasteiger partial charge in [0.2, 0.25) is 10.0 Å². The molecule has 0 aliphatic heterocycles. The topological polar surface area (TPSA) is 113 Å². The van der Waals surface area contributed by atoms with Crippen LogP contribution in [0.1, 0.15) is 27.2 Å². The molecule has 2 aromatic carbocycles. The number of alkyl carbamates (subject to hydrolysis) is 1. The largest absolute Gasteiger partial charge is 0.444 e. The molecule has 3 rings (SSSR count). The summed E-state index contributed by atoms with van der Waals surface area (Å²) in [5, 5.41) is 2.63. The maximum absolute atomic E-state index is 13.5. The third kappa shape index (κ3) is 7.50. The van der Waals surface area contributed by atoms with E-state index in [-0.39, 0.29) is 28.8 Å². The van der Waals surface area contributed by atoms with E-state index in [2.05, 4.69) is 35.9 Å². The van der Waals surface area contributed by atoms with Crippen molar-refractivity contribution in [1.82, 2.24) is 20.0 Å². The first kappa shape index (κ1) is 27.1. The average Bonchev–Trinajstić information content (AvgIpc) is 3.24. The highest BCUT2D eigenvalue weighted by Gasteiger charge is 2.20. The molecule has 0 radical (unpaired) electrons. The Bertz CT molecular complexity index is 1330. The SMILES string of the molecule is CC(C)(C)OC(=O)NCCCNS(=O)(=O)c1cc(-c2ncc(-c3ccc(F)c(Br)c3)[nH]2)ccc1Cl. The van der Waals surface area contributed by atoms with Crippen molar-refractivity contribution in [2.24, 2.45) is 0 Å². The van der Waals surface area contributed by atoms with Crippen molar-refractivity contribution in [2.45, 2.75) is 37.7 Å². The molecule has 35 heavy (non-hydrogen) atoms. The molecule has 0 spiro atoms. The first-order valence-electron chi connectivity index (χ1n) is 10.6. The Morgan fingerprint density at radius 3 is 2.57 bits per heavy atom. The molecule has 1 amide bonds. The second-order valence-electron chi connectivity index (χ2n) is 8.60. The van der Waals surface area contributed by atoms with Crippen molar-refractivity contribution in [3.8, 4) is 22.6 Å². The molecule has 0 unspecified atom stereocenters. The Balaban J connectivity index is 1.67. The number of halogens is 3. The monoisotopic (exact) mass is 586 g/mol. The summed E-state index contributed by atoms with van der Waals surface area (Å²) >= 11 is 9.34. The number of aromatic amines is 1. The molecule has 8 nitrogen and oxygen atoms in total. The van der Waals surface area contributed by atoms with E-state index in [4.69, 9.17) is 16.3 Å². The fourth-order valence-electron chi connectivity index (χ4n) is 3.01. The summed E-state index contributed by atoms with van der Waals surface area (Å²) in [5.74, 6) is 0.0456. The standard InChI is InChI=1S/C23H25BrClFN4O4S/c1-23(2,3)34-22(31)27-9-4-10-29-35(32,33)20-12-15(5-7-17(20)25)21-28-13-19(30-21)14-6-8-18(26)16(24)11-14/h5-8,11-13,29H,4,9-10H2,1-3H3,(H,27,31)(H,28,30). The molecular formula is C23H25BrClFN4O4S. The van der Waals surface area contributed by atoms with E-state index < -0.39 is 21.7 Å². The Kier molecular flexibility index (Phi) is 8.58. The van der Waals surface area contributed by atoms with Crippen LogP contribution in [0.15, 0.2) is 52.0 Å². The Morgan fingerprint density at radius 2 is 1.89 bits per heavy atom. The van der Waals surface area contributed by atoms with Crippen molar-refractivity contribution in [2.75, 3.05) is 13.1 Å². The van der Waals surface area contributed by atoms with Gasteiger partial charge in [-0.2, -0.15) is 0 Å². The highest BCUT2D eigenvalue weighted by atomic mass is 79.9. The van der Waals surface area contributed by atoms with Gasteiger partial charge in [0.25, 0.3) is 0 Å². The quantitative estimate of drug-likeness (QED) is 0.302. The van der Waals surface area contributed by atoms with Crippen molar-refractivity contribution >= 4 is 43.6 Å². The minimum atomic E-state index is -3.92. The maximum Gasteiger partial charge on any atom is 0.407 e. The number of ether oxygens (including phenoxy) is 1. The van der Waals surface area contributed by atoms with E-state index in [0.29, 0.717) is 33.5 Å². The minimum Gasteiger partial charge on any atom is -0.444 e. The van der Waals surface area contributed by atoms with Crippen molar-refractivity contribution in [3.63, 3.8) is 0 Å². The number of benzene rings is 2. The second kappa shape index (κ2) is 11.1. The fraction of sp³-hybridized carbons (Fsp3) is 0.304. The lowest BCUT2D eigenvalue weighted by Gasteiger charge is -2.19. The lowest BCUT2D eigenvalue weighted by molar-refractivity contribution is 0.0527. The summed E-state index contributed by atoms with van der Waals surface area (Å²) in [6, 6.07) is 9.11. The first-order valence-corrected chi connectivity index (χ1v) is 13.3. The van der Waals surface area contributed by atoms with Crippen molar-refractivity contribution < 1.29 is 22.3 Å². The third-order valence-electron chi connectivity index (χ3n) is 4.61. The van der Waals surface area contributed by atoms with Crippen LogP contribution in [0.5, 0.6) is 0 Å². The number of aromatic nitrogens is 2. The van der Waals surface area contributed by atoms with Gasteiger partial charge in [-0.1, -0.05) is 11.6 Å². The molecule has 0 aliphatic rings. The van der Waals surface area contributed by atoms with Gasteiger partial charge in [0.05, 0.1) is 21.4 Å². The van der Waals surface area contributed by atoms with Gasteiger partial charge in [-0.3, -0.25) is 0 Å². The normalized spacial score (nSPS) is 11.9. The van der Waals surface area contributed by atoms with Gasteiger partial charge in [-0.25, -0.2) is 27.3 Å². The number of hydrogen-bond donors (Lipinski definition) is 3. The molecule has 3 N–H and O–H groups in total. The van der Waals surface area contributed by atoms with E-state index in [1.54, 1.807) is 45.2 Å². The molecule has 0 aliphatic carbocycles. The number of H-pyrrole nitrogens is 1. The Labute approximate surface area is 216 Å². The predicted molar refractivity (Wildman–Crippen MR) is 136 cm³/mol. The number of carbonyl (C=O) groups excluding carboxylic acids is 1. The molecule has 0 atom stereocenters. The zero-order valence-corrected chi connectivity index (χ0v) is 22.4. The third-order valence-corrected chi connectivity index (χ3v) is 7.16. The van der Waals surface area contributed by atoms with Crippen LogP contribution in [-0.2, 0) is 14.8 Å². The zero-order chi connectivity index (χ0) is 25.8. The molecule has 0 saturated heterocycles. The predicted octanol–water partition coefficient (Wildman–Crippen LogP) is 5.49. The van der Waals surface area contributed by atoms with Gasteiger partial charge in [0, 0.05) is 24.2 Å². The number of sulfonamides is 1. The van der Waals surface area contributed by atoms with Crippen LogP contribution in [0, 0.1) is 5.82 Å². The molecule has 188 valence electrons. The van der Waals surface area contributed by atoms with Crippen LogP contribution in [0.3, 0.4) is 0 Å². The van der Waals surface area contributed by atoms with E-state index in [9.17, 15) is 17.6 Å². The number of hydrogen-bond acceptors (Lipinski definition) is 5. The summed E-state index contributed by atoms with van der Waals surface area (Å²) < 4.78 is 47.1. The van der Waals surface area contributed by atoms with Crippen LogP contribution in [-0.4, -0.2) is 43.2 Å². The second-order valence-corrected chi connectivity index (χ2v) is 11.6. The van der Waals surface area contributed by atoms with Crippen molar-refractivity contribution in [1.29, 1.82) is 0 Å². The van der Waals surface area contributed by atoms with Gasteiger partial charge in [0.15, 0.2) is 0 Å². The summed E-state index contributed by atoms with van der Waals surface area (Å²) in [7, 11) is -3.92. The fourth-order valence-corrected chi connectivity index (χ4v) is 4.99. The van der Waals surface area contributed by atoms with E-state index in [0.717, 1.165) is 0 Å². The molecule has 0 saturated carbocycles. The van der Waals surface area contributed by atoms with E-state index in [1.165, 1.54) is 18.2 Å². The summed E-state index contributed by atoms with van der Waals surface area (Å²) in [6.07, 6.45) is 1.36. The molecule has 12 heteroatoms. The first-order chi connectivity index (χ1) is 16.4. The number of imidazole rings is 1. The Hall–Kier alpha value is -2.47. The van der Waals surface area contributed by atoms with Gasteiger partial charge in [0.1, 0.15) is 22.1 Å². The van der Waals surface area contributed by atoms with Gasteiger partial charge >= 0.3 is 6.09 Å². The van der Waals surface area contributed by atoms with Crippen LogP contribution >= 0.6 is 27.5 Å². The molecule has 3 aromatic rings. The summed E-state index contributed by atoms with van der Waals surface area (Å²) in [5.41, 5.74) is 1.24. The number of amides is 1. The van der Waals surface area contributed by atoms with Crippen molar-refractivity contribution in [3.05, 3.63) is 57.9 Å². The van der Waals surface area contributed by atoms with Crippen LogP contribution in [0.4, 0.5) is 9.18 Å². The molecule has 1 aromatic heterocycles. The summed E-state index contributed by atoms with van der Waals surface area (Å²) in [6.45, 7) is 5.58. The molecule has 1 heterocycles. The van der Waals surface area contributed by atoms with Gasteiger partial charge in [-0.05, 0) is 79.5 Å². The lowest BCUT2D eigenvalue weighted by Crippen LogP contribution is -2.34. The minimum absolute atomic E-state index is 0.0578. The number of rotatable bonds is 8. The maximum atomic E-state index is 13.5. The smallest absolute Gasteiger partial charge is 0.407 e. The van der Waals surface area contributed by atoms with Gasteiger partial charge < -0.3 is 15.0 Å². The highest BCUT2D eigenvalue weighted by molar-refractivity contribution is 9.10. The molecular weight excluding hydrogens is 563 g/mol. The van der Waals surface area contributed by atoms with E-state index in [1.807, 2.05) is 0 Å². The number of nitrogens with zero attached hydrogens (tertiary/aromatic N) is 1. The lowest BCUT2D eigenvalue weighted by atomic mass is 10.2. The average molecular weight is 588 g/mol. The van der Waals surface area contributed by atoms with Gasteiger partial charge in [-0.15, -0.1) is 0 Å². The van der Waals surface area contributed by atoms with Crippen LogP contribution in [0.25, 0.3) is 22.6 Å². The molecule has 0 fully saturated rings. The highest BCUT2D eigenvalue weighted by Crippen LogP contribution is 2.29.